The number of halogens is 1. The van der Waals surface area contributed by atoms with Gasteiger partial charge in [-0.2, -0.15) is 0 Å². The summed E-state index contributed by atoms with van der Waals surface area (Å²) in [7, 11) is -3.59. The van der Waals surface area contributed by atoms with Gasteiger partial charge in [0, 0.05) is 69.0 Å². The van der Waals surface area contributed by atoms with E-state index in [0.29, 0.717) is 57.7 Å². The van der Waals surface area contributed by atoms with Crippen LogP contribution in [0.2, 0.25) is 0 Å². The van der Waals surface area contributed by atoms with E-state index in [9.17, 15) is 22.9 Å². The molecule has 0 aliphatic carbocycles. The number of pyridine rings is 1. The maximum absolute atomic E-state index is 15.8. The number of aromatic nitrogens is 3. The number of nitrogens with zero attached hydrogens (tertiary/aromatic N) is 2. The number of rotatable bonds is 4. The van der Waals surface area contributed by atoms with E-state index < -0.39 is 49.5 Å². The number of aryl methyl sites for hydroxylation is 1. The van der Waals surface area contributed by atoms with Crippen molar-refractivity contribution in [1.29, 1.82) is 0 Å². The Morgan fingerprint density at radius 1 is 1.16 bits per heavy atom. The second-order valence-corrected chi connectivity index (χ2v) is 18.6. The molecule has 0 saturated heterocycles. The van der Waals surface area contributed by atoms with Crippen molar-refractivity contribution < 1.29 is 27.3 Å². The van der Waals surface area contributed by atoms with Gasteiger partial charge in [0.15, 0.2) is 25.4 Å². The molecule has 6 rings (SSSR count). The zero-order chi connectivity index (χ0) is 35.1. The van der Waals surface area contributed by atoms with Crippen LogP contribution in [-0.2, 0) is 44.1 Å². The van der Waals surface area contributed by atoms with Crippen LogP contribution in [0.15, 0.2) is 76.1 Å². The molecule has 0 radical (unpaired) electrons. The van der Waals surface area contributed by atoms with Crippen LogP contribution in [0, 0.1) is 17.2 Å². The molecule has 0 amide bonds. The Kier molecular flexibility index (Phi) is 9.80. The molecular formula is C37H40FN3O5S3. The highest BCUT2D eigenvalue weighted by Gasteiger charge is 2.35. The van der Waals surface area contributed by atoms with Crippen molar-refractivity contribution in [2.24, 2.45) is 11.3 Å². The number of carboxylic acids is 1. The zero-order valence-corrected chi connectivity index (χ0v) is 30.4. The third kappa shape index (κ3) is 7.47. The molecule has 0 saturated carbocycles. The van der Waals surface area contributed by atoms with Crippen LogP contribution in [0.4, 0.5) is 4.39 Å². The molecule has 3 aromatic heterocycles. The molecule has 8 nitrogen and oxygen atoms in total. The zero-order valence-electron chi connectivity index (χ0n) is 28.0. The minimum absolute atomic E-state index is 0.0221. The molecule has 4 bridgehead atoms. The summed E-state index contributed by atoms with van der Waals surface area (Å²) < 4.78 is 57.2. The average Bonchev–Trinajstić information content (AvgIpc) is 3.73. The summed E-state index contributed by atoms with van der Waals surface area (Å²) in [6, 6.07) is 14.3. The second kappa shape index (κ2) is 13.6. The number of fused-ring (bicyclic) bond motifs is 8. The first-order valence-electron chi connectivity index (χ1n) is 16.3. The smallest absolute Gasteiger partial charge is 0.306 e. The van der Waals surface area contributed by atoms with Crippen molar-refractivity contribution in [1.82, 2.24) is 15.0 Å². The maximum atomic E-state index is 15.8. The highest BCUT2D eigenvalue weighted by Crippen LogP contribution is 2.42. The quantitative estimate of drug-likeness (QED) is 0.181. The van der Waals surface area contributed by atoms with Crippen molar-refractivity contribution in [3.05, 3.63) is 94.5 Å². The highest BCUT2D eigenvalue weighted by atomic mass is 32.2. The standard InChI is InChI=1S/C37H40FN3O5S3/c1-23(35(42)43)17-24-7-5-8-25(18-24)37(4)13-6-12-36(2,3)22-49(45,46)16-11-28-27-10-15-39-30(27)20-29(38)33(28)48(44)26-9-14-40-31(19-26)34-41-32(37)21-47-34/h5,7-10,14-15,18-21,23,39H,6,11-13,16-17,22H2,1-4H3,(H,42,43)/t23-,37+,48?/m0/s1. The first kappa shape index (κ1) is 35.3. The Labute approximate surface area is 293 Å². The van der Waals surface area contributed by atoms with Gasteiger partial charge in [-0.25, -0.2) is 17.8 Å². The fourth-order valence-electron chi connectivity index (χ4n) is 6.90. The van der Waals surface area contributed by atoms with Gasteiger partial charge in [0.25, 0.3) is 0 Å². The summed E-state index contributed by atoms with van der Waals surface area (Å²) in [5.41, 5.74) is 3.02. The molecule has 1 unspecified atom stereocenters. The van der Waals surface area contributed by atoms with Crippen LogP contribution >= 0.6 is 11.3 Å². The number of carboxylic acid groups (broad SMARTS) is 1. The molecular weight excluding hydrogens is 682 g/mol. The summed E-state index contributed by atoms with van der Waals surface area (Å²) >= 11 is -0.553. The van der Waals surface area contributed by atoms with Gasteiger partial charge in [0.1, 0.15) is 10.7 Å². The van der Waals surface area contributed by atoms with Crippen LogP contribution in [0.3, 0.4) is 0 Å². The monoisotopic (exact) mass is 721 g/mol. The van der Waals surface area contributed by atoms with E-state index in [0.717, 1.165) is 16.8 Å². The molecule has 3 atom stereocenters. The van der Waals surface area contributed by atoms with Gasteiger partial charge in [-0.05, 0) is 55.2 Å². The fraction of sp³-hybridized carbons (Fsp3) is 0.378. The van der Waals surface area contributed by atoms with Gasteiger partial charge in [-0.1, -0.05) is 51.5 Å². The first-order chi connectivity index (χ1) is 23.2. The van der Waals surface area contributed by atoms with Crippen molar-refractivity contribution in [3.63, 3.8) is 0 Å². The predicted molar refractivity (Wildman–Crippen MR) is 192 cm³/mol. The maximum Gasteiger partial charge on any atom is 0.306 e. The summed E-state index contributed by atoms with van der Waals surface area (Å²) in [5.74, 6) is -2.31. The summed E-state index contributed by atoms with van der Waals surface area (Å²) in [6.45, 7) is 7.73. The molecule has 12 heteroatoms. The van der Waals surface area contributed by atoms with E-state index in [1.165, 1.54) is 23.6 Å². The van der Waals surface area contributed by atoms with Crippen LogP contribution in [0.5, 0.6) is 0 Å². The van der Waals surface area contributed by atoms with Gasteiger partial charge in [0.05, 0.1) is 23.1 Å². The Balaban J connectivity index is 1.47. The minimum Gasteiger partial charge on any atom is -0.606 e. The lowest BCUT2D eigenvalue weighted by molar-refractivity contribution is -0.141. The van der Waals surface area contributed by atoms with Gasteiger partial charge in [0.2, 0.25) is 0 Å². The molecule has 2 N–H and O–H groups in total. The number of hydrogen-bond donors (Lipinski definition) is 2. The minimum atomic E-state index is -3.59. The van der Waals surface area contributed by atoms with Gasteiger partial charge in [-0.15, -0.1) is 11.3 Å². The number of nitrogens with one attached hydrogen (secondary N) is 1. The van der Waals surface area contributed by atoms with E-state index in [1.54, 1.807) is 31.3 Å². The number of thiazole rings is 1. The number of aromatic amines is 1. The summed E-state index contributed by atoms with van der Waals surface area (Å²) in [4.78, 5) is 24.5. The van der Waals surface area contributed by atoms with Crippen LogP contribution in [0.1, 0.15) is 69.3 Å². The SMILES string of the molecule is C[C@@H](Cc1cccc([C@@]2(C)CCCC(C)(C)CS(=O)(=O)CCc3c(c(F)cc4[nH]ccc34)[S+]([O-])c3ccnc(c3)-c3nc2cs3)c1)C(=O)O. The Bertz CT molecular complexity index is 2130. The van der Waals surface area contributed by atoms with Gasteiger partial charge < -0.3 is 14.6 Å². The number of aliphatic carboxylic acids is 1. The van der Waals surface area contributed by atoms with Crippen molar-refractivity contribution in [3.8, 4) is 10.7 Å². The van der Waals surface area contributed by atoms with Crippen molar-refractivity contribution in [2.75, 3.05) is 11.5 Å². The second-order valence-electron chi connectivity index (χ2n) is 14.1. The van der Waals surface area contributed by atoms with Crippen molar-refractivity contribution >= 4 is 49.2 Å². The average molecular weight is 722 g/mol. The molecule has 4 heterocycles. The number of carbonyl (C=O) groups is 1. The molecule has 1 aliphatic heterocycles. The molecule has 49 heavy (non-hydrogen) atoms. The lowest BCUT2D eigenvalue weighted by atomic mass is 9.74. The largest absolute Gasteiger partial charge is 0.606 e. The third-order valence-electron chi connectivity index (χ3n) is 9.62. The number of hydrogen-bond acceptors (Lipinski definition) is 7. The van der Waals surface area contributed by atoms with Crippen LogP contribution < -0.4 is 0 Å². The van der Waals surface area contributed by atoms with Gasteiger partial charge >= 0.3 is 5.97 Å². The van der Waals surface area contributed by atoms with E-state index >= 15 is 4.39 Å². The number of sulfone groups is 1. The lowest BCUT2D eigenvalue weighted by Crippen LogP contribution is -2.29. The molecule has 2 aromatic carbocycles. The number of benzene rings is 2. The van der Waals surface area contributed by atoms with E-state index in [1.807, 2.05) is 37.4 Å². The lowest BCUT2D eigenvalue weighted by Gasteiger charge is -2.32. The predicted octanol–water partition coefficient (Wildman–Crippen LogP) is 7.73. The highest BCUT2D eigenvalue weighted by molar-refractivity contribution is 7.92. The van der Waals surface area contributed by atoms with E-state index in [4.69, 9.17) is 4.98 Å². The molecule has 5 aromatic rings. The van der Waals surface area contributed by atoms with Crippen LogP contribution in [-0.4, -0.2) is 50.5 Å². The summed E-state index contributed by atoms with van der Waals surface area (Å²) in [6.07, 6.45) is 5.64. The number of H-pyrrole nitrogens is 1. The summed E-state index contributed by atoms with van der Waals surface area (Å²) in [5, 5.41) is 12.8. The normalized spacial score (nSPS) is 21.7. The molecule has 0 fully saturated rings. The Hall–Kier alpha value is -3.58. The fourth-order valence-corrected chi connectivity index (χ4v) is 11.1. The third-order valence-corrected chi connectivity index (χ3v) is 14.0. The van der Waals surface area contributed by atoms with E-state index in [-0.39, 0.29) is 22.8 Å². The van der Waals surface area contributed by atoms with Gasteiger partial charge in [-0.3, -0.25) is 9.78 Å². The van der Waals surface area contributed by atoms with E-state index in [2.05, 4.69) is 23.0 Å². The van der Waals surface area contributed by atoms with Crippen molar-refractivity contribution in [2.45, 2.75) is 75.0 Å². The molecule has 258 valence electrons. The first-order valence-corrected chi connectivity index (χ1v) is 20.2. The Morgan fingerprint density at radius 3 is 2.73 bits per heavy atom. The topological polar surface area (TPSA) is 136 Å². The van der Waals surface area contributed by atoms with Crippen LogP contribution in [0.25, 0.3) is 21.6 Å². The molecule has 1 aliphatic rings. The Morgan fingerprint density at radius 2 is 1.96 bits per heavy atom. The molecule has 0 spiro atoms.